The van der Waals surface area contributed by atoms with Crippen LogP contribution in [0.25, 0.3) is 0 Å². The van der Waals surface area contributed by atoms with Crippen LogP contribution in [0, 0.1) is 6.92 Å². The summed E-state index contributed by atoms with van der Waals surface area (Å²) < 4.78 is 5.47. The van der Waals surface area contributed by atoms with Crippen LogP contribution >= 0.6 is 11.3 Å². The summed E-state index contributed by atoms with van der Waals surface area (Å²) >= 11 is 1.83. The van der Waals surface area contributed by atoms with Gasteiger partial charge in [0.25, 0.3) is 0 Å². The summed E-state index contributed by atoms with van der Waals surface area (Å²) in [6.45, 7) is 7.43. The van der Waals surface area contributed by atoms with Gasteiger partial charge in [0.2, 0.25) is 0 Å². The maximum absolute atomic E-state index is 5.47. The molecule has 0 spiro atoms. The van der Waals surface area contributed by atoms with Gasteiger partial charge in [0.05, 0.1) is 7.11 Å². The number of methoxy groups -OCH3 is 1. The normalized spacial score (nSPS) is 12.4. The fraction of sp³-hybridized carbons (Fsp3) is 0.412. The molecule has 1 N–H and O–H groups in total. The van der Waals surface area contributed by atoms with Crippen molar-refractivity contribution < 1.29 is 4.74 Å². The van der Waals surface area contributed by atoms with Crippen molar-refractivity contribution in [3.63, 3.8) is 0 Å². The van der Waals surface area contributed by atoms with E-state index >= 15 is 0 Å². The lowest BCUT2D eigenvalue weighted by Gasteiger charge is -2.18. The molecule has 0 radical (unpaired) electrons. The Kier molecular flexibility index (Phi) is 5.21. The van der Waals surface area contributed by atoms with Crippen LogP contribution in [0.4, 0.5) is 0 Å². The topological polar surface area (TPSA) is 21.3 Å². The van der Waals surface area contributed by atoms with Crippen molar-refractivity contribution in [3.05, 3.63) is 51.2 Å². The first kappa shape index (κ1) is 15.1. The number of hydrogen-bond acceptors (Lipinski definition) is 3. The highest BCUT2D eigenvalue weighted by molar-refractivity contribution is 7.10. The monoisotopic (exact) mass is 289 g/mol. The number of aryl methyl sites for hydroxylation is 2. The molecule has 2 rings (SSSR count). The highest BCUT2D eigenvalue weighted by atomic mass is 32.1. The number of ether oxygens (including phenoxy) is 1. The zero-order chi connectivity index (χ0) is 14.5. The molecule has 2 nitrogen and oxygen atoms in total. The van der Waals surface area contributed by atoms with Gasteiger partial charge in [-0.3, -0.25) is 0 Å². The molecule has 3 heteroatoms. The molecule has 0 saturated heterocycles. The maximum Gasteiger partial charge on any atom is 0.123 e. The Morgan fingerprint density at radius 2 is 2.10 bits per heavy atom. The summed E-state index contributed by atoms with van der Waals surface area (Å²) in [5, 5.41) is 5.78. The Labute approximate surface area is 125 Å². The number of benzene rings is 1. The largest absolute Gasteiger partial charge is 0.496 e. The van der Waals surface area contributed by atoms with Crippen LogP contribution in [0.3, 0.4) is 0 Å². The predicted molar refractivity (Wildman–Crippen MR) is 86.7 cm³/mol. The van der Waals surface area contributed by atoms with Crippen molar-refractivity contribution in [2.75, 3.05) is 7.11 Å². The Balaban J connectivity index is 2.08. The van der Waals surface area contributed by atoms with Crippen LogP contribution in [0.5, 0.6) is 5.75 Å². The Bertz CT molecular complexity index is 562. The first-order chi connectivity index (χ1) is 9.65. The third kappa shape index (κ3) is 3.41. The number of nitrogens with one attached hydrogen (secondary N) is 1. The van der Waals surface area contributed by atoms with Crippen molar-refractivity contribution in [1.82, 2.24) is 5.32 Å². The molecule has 2 aromatic rings. The molecule has 0 aliphatic rings. The zero-order valence-electron chi connectivity index (χ0n) is 12.7. The summed E-state index contributed by atoms with van der Waals surface area (Å²) in [5.41, 5.74) is 3.94. The van der Waals surface area contributed by atoms with Crippen LogP contribution in [-0.4, -0.2) is 7.11 Å². The summed E-state index contributed by atoms with van der Waals surface area (Å²) in [5.74, 6) is 0.956. The van der Waals surface area contributed by atoms with E-state index in [4.69, 9.17) is 4.74 Å². The lowest BCUT2D eigenvalue weighted by atomic mass is 10.0. The molecule has 108 valence electrons. The minimum atomic E-state index is 0.275. The van der Waals surface area contributed by atoms with E-state index in [0.717, 1.165) is 18.7 Å². The van der Waals surface area contributed by atoms with Gasteiger partial charge in [-0.15, -0.1) is 11.3 Å². The number of thiophene rings is 1. The van der Waals surface area contributed by atoms with Crippen molar-refractivity contribution in [2.45, 2.75) is 39.8 Å². The van der Waals surface area contributed by atoms with E-state index in [0.29, 0.717) is 0 Å². The van der Waals surface area contributed by atoms with E-state index in [2.05, 4.69) is 49.7 Å². The van der Waals surface area contributed by atoms with Crippen molar-refractivity contribution >= 4 is 11.3 Å². The first-order valence-corrected chi connectivity index (χ1v) is 7.96. The van der Waals surface area contributed by atoms with Crippen LogP contribution in [0.2, 0.25) is 0 Å². The van der Waals surface area contributed by atoms with Gasteiger partial charge in [-0.1, -0.05) is 24.6 Å². The fourth-order valence-electron chi connectivity index (χ4n) is 2.39. The summed E-state index contributed by atoms with van der Waals surface area (Å²) in [7, 11) is 1.73. The molecule has 0 saturated carbocycles. The van der Waals surface area contributed by atoms with E-state index in [-0.39, 0.29) is 6.04 Å². The predicted octanol–water partition coefficient (Wildman–Crippen LogP) is 4.48. The minimum Gasteiger partial charge on any atom is -0.496 e. The second-order valence-corrected chi connectivity index (χ2v) is 6.07. The Hall–Kier alpha value is -1.32. The van der Waals surface area contributed by atoms with Crippen molar-refractivity contribution in [3.8, 4) is 5.75 Å². The molecule has 0 amide bonds. The van der Waals surface area contributed by atoms with Crippen LogP contribution in [0.15, 0.2) is 29.6 Å². The van der Waals surface area contributed by atoms with E-state index in [1.54, 1.807) is 7.11 Å². The van der Waals surface area contributed by atoms with Gasteiger partial charge >= 0.3 is 0 Å². The third-order valence-electron chi connectivity index (χ3n) is 3.64. The molecule has 1 atom stereocenters. The van der Waals surface area contributed by atoms with Crippen molar-refractivity contribution in [1.29, 1.82) is 0 Å². The number of hydrogen-bond donors (Lipinski definition) is 1. The standard InChI is InChI=1S/C17H23NOS/c1-5-14-8-9-20-17(14)11-18-13(3)15-10-12(2)6-7-16(15)19-4/h6-10,13,18H,5,11H2,1-4H3. The smallest absolute Gasteiger partial charge is 0.123 e. The Morgan fingerprint density at radius 3 is 2.80 bits per heavy atom. The highest BCUT2D eigenvalue weighted by Crippen LogP contribution is 2.27. The van der Waals surface area contributed by atoms with Crippen LogP contribution < -0.4 is 10.1 Å². The van der Waals surface area contributed by atoms with Gasteiger partial charge in [-0.05, 0) is 43.3 Å². The Morgan fingerprint density at radius 1 is 1.30 bits per heavy atom. The quantitative estimate of drug-likeness (QED) is 0.846. The van der Waals surface area contributed by atoms with Gasteiger partial charge in [0.1, 0.15) is 5.75 Å². The van der Waals surface area contributed by atoms with E-state index in [1.807, 2.05) is 17.4 Å². The van der Waals surface area contributed by atoms with Crippen LogP contribution in [0.1, 0.15) is 41.5 Å². The molecule has 0 fully saturated rings. The molecule has 0 aliphatic carbocycles. The second kappa shape index (κ2) is 6.91. The average Bonchev–Trinajstić information content (AvgIpc) is 2.92. The SMILES string of the molecule is CCc1ccsc1CNC(C)c1cc(C)ccc1OC. The molecule has 0 aliphatic heterocycles. The third-order valence-corrected chi connectivity index (χ3v) is 4.60. The zero-order valence-corrected chi connectivity index (χ0v) is 13.5. The molecule has 1 aromatic carbocycles. The van der Waals surface area contributed by atoms with Gasteiger partial charge < -0.3 is 10.1 Å². The molecular formula is C17H23NOS. The molecule has 1 heterocycles. The van der Waals surface area contributed by atoms with E-state index < -0.39 is 0 Å². The lowest BCUT2D eigenvalue weighted by molar-refractivity contribution is 0.401. The first-order valence-electron chi connectivity index (χ1n) is 7.08. The highest BCUT2D eigenvalue weighted by Gasteiger charge is 2.12. The summed E-state index contributed by atoms with van der Waals surface area (Å²) in [4.78, 5) is 1.44. The average molecular weight is 289 g/mol. The fourth-order valence-corrected chi connectivity index (χ4v) is 3.31. The van der Waals surface area contributed by atoms with Gasteiger partial charge in [0.15, 0.2) is 0 Å². The van der Waals surface area contributed by atoms with Crippen molar-refractivity contribution in [2.24, 2.45) is 0 Å². The molecule has 1 unspecified atom stereocenters. The van der Waals surface area contributed by atoms with Crippen LogP contribution in [-0.2, 0) is 13.0 Å². The molecule has 0 bridgehead atoms. The molecular weight excluding hydrogens is 266 g/mol. The summed E-state index contributed by atoms with van der Waals surface area (Å²) in [6.07, 6.45) is 1.10. The lowest BCUT2D eigenvalue weighted by Crippen LogP contribution is -2.18. The van der Waals surface area contributed by atoms with E-state index in [9.17, 15) is 0 Å². The van der Waals surface area contributed by atoms with Gasteiger partial charge in [-0.2, -0.15) is 0 Å². The second-order valence-electron chi connectivity index (χ2n) is 5.07. The van der Waals surface area contributed by atoms with Gasteiger partial charge in [-0.25, -0.2) is 0 Å². The molecule has 1 aromatic heterocycles. The minimum absolute atomic E-state index is 0.275. The molecule has 20 heavy (non-hydrogen) atoms. The maximum atomic E-state index is 5.47. The van der Waals surface area contributed by atoms with E-state index in [1.165, 1.54) is 21.6 Å². The number of rotatable bonds is 6. The summed E-state index contributed by atoms with van der Waals surface area (Å²) in [6, 6.07) is 8.83. The van der Waals surface area contributed by atoms with Gasteiger partial charge in [0, 0.05) is 23.0 Å².